The zero-order chi connectivity index (χ0) is 20.5. The monoisotopic (exact) mass is 431 g/mol. The molecule has 1 N–H and O–H groups in total. The lowest BCUT2D eigenvalue weighted by Crippen LogP contribution is -2.53. The highest BCUT2D eigenvalue weighted by Crippen LogP contribution is 2.40. The van der Waals surface area contributed by atoms with Crippen LogP contribution in [0.2, 0.25) is 10.0 Å². The number of nitrogens with one attached hydrogen (secondary N) is 1. The van der Waals surface area contributed by atoms with E-state index in [9.17, 15) is 4.79 Å². The molecule has 1 heterocycles. The second-order valence-corrected chi connectivity index (χ2v) is 9.09. The Morgan fingerprint density at radius 1 is 1.10 bits per heavy atom. The Kier molecular flexibility index (Phi) is 6.05. The van der Waals surface area contributed by atoms with Gasteiger partial charge in [0.25, 0.3) is 0 Å². The van der Waals surface area contributed by atoms with E-state index < -0.39 is 0 Å². The van der Waals surface area contributed by atoms with Crippen LogP contribution in [0.15, 0.2) is 42.5 Å². The molecule has 1 atom stereocenters. The van der Waals surface area contributed by atoms with Gasteiger partial charge in [-0.3, -0.25) is 4.79 Å². The number of fused-ring (bicyclic) bond motifs is 1. The summed E-state index contributed by atoms with van der Waals surface area (Å²) in [7, 11) is 0. The highest BCUT2D eigenvalue weighted by Gasteiger charge is 2.37. The molecular weight excluding hydrogens is 405 g/mol. The molecule has 1 amide bonds. The third kappa shape index (κ3) is 4.40. The number of benzene rings is 2. The number of anilines is 2. The summed E-state index contributed by atoms with van der Waals surface area (Å²) in [5.74, 6) is 0.259. The van der Waals surface area contributed by atoms with Crippen molar-refractivity contribution in [2.24, 2.45) is 5.92 Å². The van der Waals surface area contributed by atoms with E-state index in [1.54, 1.807) is 12.1 Å². The molecule has 1 aliphatic heterocycles. The van der Waals surface area contributed by atoms with E-state index in [1.807, 2.05) is 17.0 Å². The van der Waals surface area contributed by atoms with Crippen molar-refractivity contribution in [1.82, 2.24) is 5.32 Å². The van der Waals surface area contributed by atoms with Crippen molar-refractivity contribution < 1.29 is 4.79 Å². The first kappa shape index (κ1) is 20.5. The molecule has 154 valence electrons. The minimum absolute atomic E-state index is 0.112. The van der Waals surface area contributed by atoms with Crippen molar-refractivity contribution in [3.05, 3.63) is 58.1 Å². The summed E-state index contributed by atoms with van der Waals surface area (Å²) in [5.41, 5.74) is 3.09. The van der Waals surface area contributed by atoms with Crippen LogP contribution in [0.4, 0.5) is 11.4 Å². The third-order valence-electron chi connectivity index (χ3n) is 5.75. The van der Waals surface area contributed by atoms with Crippen molar-refractivity contribution in [1.29, 1.82) is 0 Å². The second-order valence-electron chi connectivity index (χ2n) is 8.24. The molecule has 0 bridgehead atoms. The molecule has 4 nitrogen and oxygen atoms in total. The Hall–Kier alpha value is -1.75. The smallest absolute Gasteiger partial charge is 0.244 e. The minimum Gasteiger partial charge on any atom is -0.365 e. The van der Waals surface area contributed by atoms with E-state index in [2.05, 4.69) is 42.3 Å². The van der Waals surface area contributed by atoms with Crippen LogP contribution in [0.5, 0.6) is 0 Å². The molecule has 6 heteroatoms. The maximum Gasteiger partial charge on any atom is 0.244 e. The topological polar surface area (TPSA) is 35.6 Å². The molecule has 1 fully saturated rings. The lowest BCUT2D eigenvalue weighted by molar-refractivity contribution is -0.121. The number of nitrogens with zero attached hydrogens (tertiary/aromatic N) is 2. The number of para-hydroxylation sites is 2. The number of carbonyl (C=O) groups is 1. The molecule has 4 rings (SSSR count). The van der Waals surface area contributed by atoms with Gasteiger partial charge in [0.05, 0.1) is 17.4 Å². The Balaban J connectivity index is 1.54. The fourth-order valence-electron chi connectivity index (χ4n) is 4.05. The SMILES string of the molecule is CC(C)[C@H](NCc1cc(Cl)ccc1Cl)C(=O)N1CCN(C2CC2)c2ccccc21. The highest BCUT2D eigenvalue weighted by molar-refractivity contribution is 6.33. The quantitative estimate of drug-likeness (QED) is 0.688. The lowest BCUT2D eigenvalue weighted by Gasteiger charge is -2.40. The molecular formula is C23H27Cl2N3O. The summed E-state index contributed by atoms with van der Waals surface area (Å²) >= 11 is 12.4. The number of amides is 1. The van der Waals surface area contributed by atoms with Gasteiger partial charge in [-0.05, 0) is 54.7 Å². The summed E-state index contributed by atoms with van der Waals surface area (Å²) in [6, 6.07) is 14.0. The largest absolute Gasteiger partial charge is 0.365 e. The normalized spacial score (nSPS) is 17.4. The fourth-order valence-corrected chi connectivity index (χ4v) is 4.43. The van der Waals surface area contributed by atoms with E-state index in [0.717, 1.165) is 24.3 Å². The number of hydrogen-bond acceptors (Lipinski definition) is 3. The van der Waals surface area contributed by atoms with E-state index >= 15 is 0 Å². The molecule has 2 aliphatic rings. The zero-order valence-electron chi connectivity index (χ0n) is 16.9. The first-order valence-electron chi connectivity index (χ1n) is 10.3. The molecule has 2 aromatic rings. The lowest BCUT2D eigenvalue weighted by atomic mass is 10.0. The van der Waals surface area contributed by atoms with Crippen molar-refractivity contribution >= 4 is 40.5 Å². The van der Waals surface area contributed by atoms with E-state index in [0.29, 0.717) is 22.6 Å². The molecule has 2 aromatic carbocycles. The van der Waals surface area contributed by atoms with Crippen LogP contribution < -0.4 is 15.1 Å². The van der Waals surface area contributed by atoms with Gasteiger partial charge in [0, 0.05) is 35.7 Å². The Bertz CT molecular complexity index is 897. The number of carbonyl (C=O) groups excluding carboxylic acids is 1. The average molecular weight is 432 g/mol. The summed E-state index contributed by atoms with van der Waals surface area (Å²) < 4.78 is 0. The van der Waals surface area contributed by atoms with Crippen molar-refractivity contribution in [2.45, 2.75) is 45.3 Å². The van der Waals surface area contributed by atoms with Gasteiger partial charge >= 0.3 is 0 Å². The maximum atomic E-state index is 13.6. The predicted octanol–water partition coefficient (Wildman–Crippen LogP) is 5.12. The van der Waals surface area contributed by atoms with Crippen LogP contribution >= 0.6 is 23.2 Å². The molecule has 0 unspecified atom stereocenters. The van der Waals surface area contributed by atoms with Gasteiger partial charge in [0.2, 0.25) is 5.91 Å². The van der Waals surface area contributed by atoms with Crippen molar-refractivity contribution in [2.75, 3.05) is 22.9 Å². The standard InChI is InChI=1S/C23H27Cl2N3O/c1-15(2)22(26-14-16-13-17(24)7-10-19(16)25)23(29)28-12-11-27(18-8-9-18)20-5-3-4-6-21(20)28/h3-7,10,13,15,18,22,26H,8-9,11-12,14H2,1-2H3/t22-/m0/s1. The number of halogens is 2. The summed E-state index contributed by atoms with van der Waals surface area (Å²) in [5, 5.41) is 4.73. The van der Waals surface area contributed by atoms with Crippen LogP contribution in [0.3, 0.4) is 0 Å². The van der Waals surface area contributed by atoms with Crippen LogP contribution in [-0.2, 0) is 11.3 Å². The van der Waals surface area contributed by atoms with Crippen molar-refractivity contribution in [3.63, 3.8) is 0 Å². The number of rotatable bonds is 6. The molecule has 1 saturated carbocycles. The molecule has 29 heavy (non-hydrogen) atoms. The second kappa shape index (κ2) is 8.55. The van der Waals surface area contributed by atoms with Gasteiger partial charge in [0.1, 0.15) is 0 Å². The van der Waals surface area contributed by atoms with Gasteiger partial charge in [-0.15, -0.1) is 0 Å². The fraction of sp³-hybridized carbons (Fsp3) is 0.435. The van der Waals surface area contributed by atoms with Crippen LogP contribution in [-0.4, -0.2) is 31.1 Å². The van der Waals surface area contributed by atoms with E-state index in [1.165, 1.54) is 18.5 Å². The highest BCUT2D eigenvalue weighted by atomic mass is 35.5. The zero-order valence-corrected chi connectivity index (χ0v) is 18.4. The Morgan fingerprint density at radius 3 is 2.52 bits per heavy atom. The van der Waals surface area contributed by atoms with Gasteiger partial charge in [-0.2, -0.15) is 0 Å². The Labute approximate surface area is 182 Å². The average Bonchev–Trinajstić information content (AvgIpc) is 3.54. The van der Waals surface area contributed by atoms with Crippen LogP contribution in [0.25, 0.3) is 0 Å². The number of hydrogen-bond donors (Lipinski definition) is 1. The van der Waals surface area contributed by atoms with Gasteiger partial charge in [-0.25, -0.2) is 0 Å². The summed E-state index contributed by atoms with van der Waals surface area (Å²) in [6.45, 7) is 6.24. The Morgan fingerprint density at radius 2 is 1.83 bits per heavy atom. The maximum absolute atomic E-state index is 13.6. The molecule has 0 saturated heterocycles. The molecule has 0 radical (unpaired) electrons. The molecule has 1 aliphatic carbocycles. The van der Waals surface area contributed by atoms with Gasteiger partial charge in [0.15, 0.2) is 0 Å². The summed E-state index contributed by atoms with van der Waals surface area (Å²) in [4.78, 5) is 18.0. The molecule has 0 spiro atoms. The first-order chi connectivity index (χ1) is 14.0. The van der Waals surface area contributed by atoms with E-state index in [4.69, 9.17) is 23.2 Å². The minimum atomic E-state index is -0.300. The van der Waals surface area contributed by atoms with Crippen LogP contribution in [0.1, 0.15) is 32.3 Å². The summed E-state index contributed by atoms with van der Waals surface area (Å²) in [6.07, 6.45) is 2.50. The van der Waals surface area contributed by atoms with Gasteiger partial charge < -0.3 is 15.1 Å². The van der Waals surface area contributed by atoms with Crippen molar-refractivity contribution in [3.8, 4) is 0 Å². The predicted molar refractivity (Wildman–Crippen MR) is 121 cm³/mol. The van der Waals surface area contributed by atoms with Gasteiger partial charge in [-0.1, -0.05) is 49.2 Å². The first-order valence-corrected chi connectivity index (χ1v) is 11.1. The third-order valence-corrected chi connectivity index (χ3v) is 6.36. The van der Waals surface area contributed by atoms with E-state index in [-0.39, 0.29) is 17.9 Å². The van der Waals surface area contributed by atoms with Crippen LogP contribution in [0, 0.1) is 5.92 Å². The molecule has 0 aromatic heterocycles.